The second-order valence-corrected chi connectivity index (χ2v) is 4.16. The number of nitrogens with one attached hydrogen (secondary N) is 1. The maximum Gasteiger partial charge on any atom is 0.273 e. The third kappa shape index (κ3) is 2.80. The first-order valence-electron chi connectivity index (χ1n) is 5.66. The standard InChI is InChI=1S/C10H17N5O2/c1-17-8-4-7(5-8)12-10(16)9-6-15(3-2-11)14-13-9/h6-8H,2-5,11H2,1H3,(H,12,16). The molecule has 1 heterocycles. The highest BCUT2D eigenvalue weighted by molar-refractivity contribution is 5.92. The van der Waals surface area contributed by atoms with Crippen LogP contribution >= 0.6 is 0 Å². The zero-order chi connectivity index (χ0) is 12.3. The van der Waals surface area contributed by atoms with E-state index in [4.69, 9.17) is 10.5 Å². The minimum Gasteiger partial charge on any atom is -0.381 e. The number of amides is 1. The van der Waals surface area contributed by atoms with Gasteiger partial charge in [-0.25, -0.2) is 0 Å². The number of nitrogens with zero attached hydrogens (tertiary/aromatic N) is 3. The van der Waals surface area contributed by atoms with Crippen molar-refractivity contribution in [3.05, 3.63) is 11.9 Å². The molecule has 0 saturated heterocycles. The average molecular weight is 239 g/mol. The summed E-state index contributed by atoms with van der Waals surface area (Å²) in [5, 5.41) is 10.5. The van der Waals surface area contributed by atoms with Gasteiger partial charge in [0.1, 0.15) is 0 Å². The molecule has 1 aliphatic carbocycles. The predicted octanol–water partition coefficient (Wildman–Crippen LogP) is -0.856. The summed E-state index contributed by atoms with van der Waals surface area (Å²) in [6.07, 6.45) is 3.60. The molecule has 1 fully saturated rings. The highest BCUT2D eigenvalue weighted by Gasteiger charge is 2.30. The maximum absolute atomic E-state index is 11.8. The van der Waals surface area contributed by atoms with Gasteiger partial charge in [-0.3, -0.25) is 9.48 Å². The summed E-state index contributed by atoms with van der Waals surface area (Å²) in [6, 6.07) is 0.187. The number of nitrogens with two attached hydrogens (primary N) is 1. The number of hydrogen-bond donors (Lipinski definition) is 2. The lowest BCUT2D eigenvalue weighted by atomic mass is 9.89. The molecule has 7 nitrogen and oxygen atoms in total. The second-order valence-electron chi connectivity index (χ2n) is 4.16. The molecule has 1 aromatic rings. The summed E-state index contributed by atoms with van der Waals surface area (Å²) in [4.78, 5) is 11.8. The van der Waals surface area contributed by atoms with Crippen molar-refractivity contribution in [3.8, 4) is 0 Å². The number of ether oxygens (including phenoxy) is 1. The molecule has 0 spiro atoms. The Morgan fingerprint density at radius 3 is 3.12 bits per heavy atom. The van der Waals surface area contributed by atoms with Crippen molar-refractivity contribution in [3.63, 3.8) is 0 Å². The van der Waals surface area contributed by atoms with Crippen LogP contribution in [0.1, 0.15) is 23.3 Å². The normalized spacial score (nSPS) is 23.2. The lowest BCUT2D eigenvalue weighted by molar-refractivity contribution is 0.0175. The first-order valence-corrected chi connectivity index (χ1v) is 5.66. The molecule has 0 bridgehead atoms. The lowest BCUT2D eigenvalue weighted by Crippen LogP contribution is -2.47. The topological polar surface area (TPSA) is 95.1 Å². The Morgan fingerprint density at radius 2 is 2.47 bits per heavy atom. The molecule has 94 valence electrons. The van der Waals surface area contributed by atoms with Crippen molar-refractivity contribution in [1.82, 2.24) is 20.3 Å². The fourth-order valence-electron chi connectivity index (χ4n) is 1.78. The number of hydrogen-bond acceptors (Lipinski definition) is 5. The van der Waals surface area contributed by atoms with Crippen molar-refractivity contribution in [2.75, 3.05) is 13.7 Å². The van der Waals surface area contributed by atoms with Gasteiger partial charge in [0.05, 0.1) is 18.8 Å². The minimum absolute atomic E-state index is 0.187. The Labute approximate surface area is 99.3 Å². The molecule has 1 aromatic heterocycles. The molecule has 1 amide bonds. The summed E-state index contributed by atoms with van der Waals surface area (Å²) in [6.45, 7) is 1.04. The number of carbonyl (C=O) groups excluding carboxylic acids is 1. The Bertz CT molecular complexity index is 386. The first kappa shape index (κ1) is 12.0. The van der Waals surface area contributed by atoms with Gasteiger partial charge < -0.3 is 15.8 Å². The van der Waals surface area contributed by atoms with Gasteiger partial charge in [0.15, 0.2) is 5.69 Å². The van der Waals surface area contributed by atoms with E-state index in [1.165, 1.54) is 0 Å². The highest BCUT2D eigenvalue weighted by Crippen LogP contribution is 2.22. The van der Waals surface area contributed by atoms with Gasteiger partial charge in [0, 0.05) is 19.7 Å². The molecule has 0 aliphatic heterocycles. The number of rotatable bonds is 5. The third-order valence-corrected chi connectivity index (χ3v) is 2.89. The van der Waals surface area contributed by atoms with Gasteiger partial charge >= 0.3 is 0 Å². The van der Waals surface area contributed by atoms with E-state index < -0.39 is 0 Å². The Kier molecular flexibility index (Phi) is 3.70. The summed E-state index contributed by atoms with van der Waals surface area (Å²) in [7, 11) is 1.68. The van der Waals surface area contributed by atoms with Crippen LogP contribution in [0.15, 0.2) is 6.20 Å². The van der Waals surface area contributed by atoms with E-state index >= 15 is 0 Å². The minimum atomic E-state index is -0.187. The summed E-state index contributed by atoms with van der Waals surface area (Å²) in [5.74, 6) is -0.187. The quantitative estimate of drug-likeness (QED) is 0.697. The molecule has 0 radical (unpaired) electrons. The van der Waals surface area contributed by atoms with E-state index in [2.05, 4.69) is 15.6 Å². The Balaban J connectivity index is 1.83. The molecule has 7 heteroatoms. The summed E-state index contributed by atoms with van der Waals surface area (Å²) >= 11 is 0. The number of aromatic nitrogens is 3. The van der Waals surface area contributed by atoms with E-state index in [1.807, 2.05) is 0 Å². The number of methoxy groups -OCH3 is 1. The summed E-state index contributed by atoms with van der Waals surface area (Å²) in [5.41, 5.74) is 5.72. The van der Waals surface area contributed by atoms with Gasteiger partial charge in [-0.1, -0.05) is 5.21 Å². The van der Waals surface area contributed by atoms with Crippen molar-refractivity contribution in [1.29, 1.82) is 0 Å². The van der Waals surface area contributed by atoms with Gasteiger partial charge in [-0.15, -0.1) is 5.10 Å². The maximum atomic E-state index is 11.8. The first-order chi connectivity index (χ1) is 8.22. The zero-order valence-corrected chi connectivity index (χ0v) is 9.80. The Morgan fingerprint density at radius 1 is 1.71 bits per heavy atom. The van der Waals surface area contributed by atoms with Crippen molar-refractivity contribution in [2.24, 2.45) is 5.73 Å². The third-order valence-electron chi connectivity index (χ3n) is 2.89. The number of carbonyl (C=O) groups is 1. The van der Waals surface area contributed by atoms with E-state index in [1.54, 1.807) is 18.0 Å². The fourth-order valence-corrected chi connectivity index (χ4v) is 1.78. The molecule has 0 unspecified atom stereocenters. The molecule has 1 aliphatic rings. The summed E-state index contributed by atoms with van der Waals surface area (Å²) < 4.78 is 6.71. The van der Waals surface area contributed by atoms with Crippen LogP contribution in [0.5, 0.6) is 0 Å². The van der Waals surface area contributed by atoms with Crippen molar-refractivity contribution in [2.45, 2.75) is 31.5 Å². The highest BCUT2D eigenvalue weighted by atomic mass is 16.5. The van der Waals surface area contributed by atoms with Gasteiger partial charge in [-0.05, 0) is 12.8 Å². The van der Waals surface area contributed by atoms with Crippen LogP contribution in [0.3, 0.4) is 0 Å². The second kappa shape index (κ2) is 5.24. The van der Waals surface area contributed by atoms with Crippen LogP contribution in [0.4, 0.5) is 0 Å². The molecular weight excluding hydrogens is 222 g/mol. The molecule has 17 heavy (non-hydrogen) atoms. The largest absolute Gasteiger partial charge is 0.381 e. The zero-order valence-electron chi connectivity index (χ0n) is 9.80. The van der Waals surface area contributed by atoms with Crippen LogP contribution in [-0.4, -0.2) is 46.7 Å². The predicted molar refractivity (Wildman–Crippen MR) is 60.4 cm³/mol. The molecule has 1 saturated carbocycles. The Hall–Kier alpha value is -1.47. The molecule has 2 rings (SSSR count). The van der Waals surface area contributed by atoms with E-state index in [-0.39, 0.29) is 18.1 Å². The average Bonchev–Trinajstić information content (AvgIpc) is 2.71. The fraction of sp³-hybridized carbons (Fsp3) is 0.700. The monoisotopic (exact) mass is 239 g/mol. The van der Waals surface area contributed by atoms with E-state index in [0.29, 0.717) is 18.8 Å². The van der Waals surface area contributed by atoms with Gasteiger partial charge in [0.25, 0.3) is 5.91 Å². The van der Waals surface area contributed by atoms with Crippen LogP contribution in [0, 0.1) is 0 Å². The van der Waals surface area contributed by atoms with Crippen LogP contribution in [0.25, 0.3) is 0 Å². The van der Waals surface area contributed by atoms with Gasteiger partial charge in [-0.2, -0.15) is 0 Å². The molecular formula is C10H17N5O2. The van der Waals surface area contributed by atoms with Crippen molar-refractivity contribution >= 4 is 5.91 Å². The smallest absolute Gasteiger partial charge is 0.273 e. The molecule has 3 N–H and O–H groups in total. The van der Waals surface area contributed by atoms with Crippen LogP contribution in [0.2, 0.25) is 0 Å². The SMILES string of the molecule is COC1CC(NC(=O)c2cn(CCN)nn2)C1. The molecule has 0 aromatic carbocycles. The van der Waals surface area contributed by atoms with Crippen molar-refractivity contribution < 1.29 is 9.53 Å². The van der Waals surface area contributed by atoms with E-state index in [9.17, 15) is 4.79 Å². The van der Waals surface area contributed by atoms with Crippen LogP contribution in [-0.2, 0) is 11.3 Å². The van der Waals surface area contributed by atoms with Gasteiger partial charge in [0.2, 0.25) is 0 Å². The van der Waals surface area contributed by atoms with E-state index in [0.717, 1.165) is 12.8 Å². The lowest BCUT2D eigenvalue weighted by Gasteiger charge is -2.34. The molecule has 0 atom stereocenters. The van der Waals surface area contributed by atoms with Crippen LogP contribution < -0.4 is 11.1 Å².